The Balaban J connectivity index is 3.23. The van der Waals surface area contributed by atoms with Gasteiger partial charge in [0.25, 0.3) is 0 Å². The monoisotopic (exact) mass is 173 g/mol. The van der Waals surface area contributed by atoms with Crippen LogP contribution in [0.1, 0.15) is 0 Å². The summed E-state index contributed by atoms with van der Waals surface area (Å²) in [6.07, 6.45) is 0. The van der Waals surface area contributed by atoms with Gasteiger partial charge in [-0.05, 0) is 12.1 Å². The van der Waals surface area contributed by atoms with Gasteiger partial charge in [0.15, 0.2) is 0 Å². The molecule has 0 aliphatic carbocycles. The highest BCUT2D eigenvalue weighted by atomic mass is 32.1. The van der Waals surface area contributed by atoms with Gasteiger partial charge < -0.3 is 0 Å². The van der Waals surface area contributed by atoms with Crippen molar-refractivity contribution in [2.24, 2.45) is 0 Å². The van der Waals surface area contributed by atoms with Gasteiger partial charge in [0.2, 0.25) is 5.82 Å². The fourth-order valence-corrected chi connectivity index (χ4v) is 0.838. The Bertz CT molecular complexity index is 303. The molecule has 0 N–H and O–H groups in total. The molecule has 0 heterocycles. The summed E-state index contributed by atoms with van der Waals surface area (Å²) in [5.41, 5.74) is -0.544. The molecule has 3 nitrogen and oxygen atoms in total. The van der Waals surface area contributed by atoms with E-state index in [9.17, 15) is 14.5 Å². The number of nitro benzene ring substituents is 1. The van der Waals surface area contributed by atoms with E-state index in [1.54, 1.807) is 0 Å². The average molecular weight is 173 g/mol. The van der Waals surface area contributed by atoms with Crippen molar-refractivity contribution in [2.45, 2.75) is 4.90 Å². The Morgan fingerprint density at radius 2 is 2.18 bits per heavy atom. The zero-order valence-electron chi connectivity index (χ0n) is 5.32. The third-order valence-corrected chi connectivity index (χ3v) is 1.40. The highest BCUT2D eigenvalue weighted by Gasteiger charge is 2.12. The fraction of sp³-hybridized carbons (Fsp3) is 0. The Kier molecular flexibility index (Phi) is 2.09. The standard InChI is InChI=1S/C6H4FNO2S/c7-5-2-1-4(11)3-6(5)8(9)10/h1-3,11H. The molecule has 1 aromatic rings. The van der Waals surface area contributed by atoms with Crippen molar-refractivity contribution in [3.63, 3.8) is 0 Å². The van der Waals surface area contributed by atoms with E-state index in [2.05, 4.69) is 12.6 Å². The molecule has 0 fully saturated rings. The molecule has 5 heteroatoms. The van der Waals surface area contributed by atoms with Gasteiger partial charge in [0.1, 0.15) is 0 Å². The van der Waals surface area contributed by atoms with Crippen LogP contribution in [0.2, 0.25) is 0 Å². The van der Waals surface area contributed by atoms with Crippen LogP contribution in [0.4, 0.5) is 10.1 Å². The van der Waals surface area contributed by atoms with E-state index >= 15 is 0 Å². The number of hydrogen-bond donors (Lipinski definition) is 1. The smallest absolute Gasteiger partial charge is 0.258 e. The molecule has 0 unspecified atom stereocenters. The minimum Gasteiger partial charge on any atom is -0.258 e. The first-order chi connectivity index (χ1) is 5.11. The van der Waals surface area contributed by atoms with E-state index in [1.165, 1.54) is 6.07 Å². The van der Waals surface area contributed by atoms with Crippen molar-refractivity contribution in [3.8, 4) is 0 Å². The summed E-state index contributed by atoms with van der Waals surface area (Å²) >= 11 is 3.82. The molecule has 0 atom stereocenters. The molecule has 0 aliphatic heterocycles. The number of hydrogen-bond acceptors (Lipinski definition) is 3. The van der Waals surface area contributed by atoms with Crippen molar-refractivity contribution in [3.05, 3.63) is 34.1 Å². The minimum atomic E-state index is -0.840. The van der Waals surface area contributed by atoms with Crippen LogP contribution in [-0.4, -0.2) is 4.92 Å². The lowest BCUT2D eigenvalue weighted by Crippen LogP contribution is -1.91. The summed E-state index contributed by atoms with van der Waals surface area (Å²) in [7, 11) is 0. The van der Waals surface area contributed by atoms with Gasteiger partial charge in [-0.25, -0.2) is 0 Å². The summed E-state index contributed by atoms with van der Waals surface area (Å²) in [5.74, 6) is -0.840. The number of nitrogens with zero attached hydrogens (tertiary/aromatic N) is 1. The molecule has 0 saturated heterocycles. The van der Waals surface area contributed by atoms with Gasteiger partial charge in [0.05, 0.1) is 4.92 Å². The molecule has 0 amide bonds. The topological polar surface area (TPSA) is 43.1 Å². The van der Waals surface area contributed by atoms with E-state index in [0.29, 0.717) is 4.90 Å². The molecule has 0 radical (unpaired) electrons. The fourth-order valence-electron chi connectivity index (χ4n) is 0.641. The molecule has 58 valence electrons. The van der Waals surface area contributed by atoms with E-state index in [0.717, 1.165) is 12.1 Å². The van der Waals surface area contributed by atoms with E-state index < -0.39 is 16.4 Å². The van der Waals surface area contributed by atoms with Crippen molar-refractivity contribution in [1.82, 2.24) is 0 Å². The molecule has 0 saturated carbocycles. The van der Waals surface area contributed by atoms with Gasteiger partial charge in [-0.1, -0.05) is 0 Å². The second-order valence-corrected chi connectivity index (χ2v) is 2.41. The van der Waals surface area contributed by atoms with Crippen LogP contribution in [0.3, 0.4) is 0 Å². The third kappa shape index (κ3) is 1.68. The predicted molar refractivity (Wildman–Crippen MR) is 40.3 cm³/mol. The quantitative estimate of drug-likeness (QED) is 0.401. The van der Waals surface area contributed by atoms with Gasteiger partial charge >= 0.3 is 5.69 Å². The number of halogens is 1. The van der Waals surface area contributed by atoms with Crippen molar-refractivity contribution in [2.75, 3.05) is 0 Å². The largest absolute Gasteiger partial charge is 0.305 e. The molecular formula is C6H4FNO2S. The molecule has 1 aromatic carbocycles. The van der Waals surface area contributed by atoms with Crippen LogP contribution >= 0.6 is 12.6 Å². The Morgan fingerprint density at radius 3 is 2.64 bits per heavy atom. The van der Waals surface area contributed by atoms with E-state index in [4.69, 9.17) is 0 Å². The number of rotatable bonds is 1. The van der Waals surface area contributed by atoms with Gasteiger partial charge in [-0.15, -0.1) is 12.6 Å². The second kappa shape index (κ2) is 2.87. The summed E-state index contributed by atoms with van der Waals surface area (Å²) in [6.45, 7) is 0. The van der Waals surface area contributed by atoms with Crippen LogP contribution < -0.4 is 0 Å². The normalized spacial score (nSPS) is 9.64. The van der Waals surface area contributed by atoms with Crippen LogP contribution in [0.15, 0.2) is 23.1 Å². The number of thiol groups is 1. The van der Waals surface area contributed by atoms with Crippen molar-refractivity contribution in [1.29, 1.82) is 0 Å². The lowest BCUT2D eigenvalue weighted by molar-refractivity contribution is -0.387. The summed E-state index contributed by atoms with van der Waals surface area (Å²) in [6, 6.07) is 3.43. The molecule has 1 rings (SSSR count). The number of benzene rings is 1. The third-order valence-electron chi connectivity index (χ3n) is 1.13. The minimum absolute atomic E-state index is 0.373. The molecule has 11 heavy (non-hydrogen) atoms. The van der Waals surface area contributed by atoms with Crippen LogP contribution in [0.25, 0.3) is 0 Å². The lowest BCUT2D eigenvalue weighted by atomic mass is 10.3. The highest BCUT2D eigenvalue weighted by Crippen LogP contribution is 2.19. The predicted octanol–water partition coefficient (Wildman–Crippen LogP) is 2.02. The summed E-state index contributed by atoms with van der Waals surface area (Å²) < 4.78 is 12.5. The Morgan fingerprint density at radius 1 is 1.55 bits per heavy atom. The van der Waals surface area contributed by atoms with Gasteiger partial charge in [0, 0.05) is 11.0 Å². The van der Waals surface area contributed by atoms with Crippen LogP contribution in [0, 0.1) is 15.9 Å². The number of nitro groups is 1. The lowest BCUT2D eigenvalue weighted by Gasteiger charge is -1.93. The molecule has 0 bridgehead atoms. The maximum atomic E-state index is 12.5. The van der Waals surface area contributed by atoms with Gasteiger partial charge in [-0.3, -0.25) is 10.1 Å². The first-order valence-electron chi connectivity index (χ1n) is 2.74. The molecule has 0 aliphatic rings. The van der Waals surface area contributed by atoms with E-state index in [1.807, 2.05) is 0 Å². The van der Waals surface area contributed by atoms with Crippen LogP contribution in [0.5, 0.6) is 0 Å². The molecule has 0 spiro atoms. The Labute approximate surface area is 67.4 Å². The maximum Gasteiger partial charge on any atom is 0.305 e. The summed E-state index contributed by atoms with van der Waals surface area (Å²) in [5, 5.41) is 10.1. The SMILES string of the molecule is O=[N+]([O-])c1cc(S)ccc1F. The molecular weight excluding hydrogens is 169 g/mol. The van der Waals surface area contributed by atoms with Crippen LogP contribution in [-0.2, 0) is 0 Å². The average Bonchev–Trinajstić information content (AvgIpc) is 1.94. The van der Waals surface area contributed by atoms with Crippen molar-refractivity contribution < 1.29 is 9.31 Å². The summed E-state index contributed by atoms with van der Waals surface area (Å²) in [4.78, 5) is 9.70. The maximum absolute atomic E-state index is 12.5. The first kappa shape index (κ1) is 8.00. The first-order valence-corrected chi connectivity index (χ1v) is 3.19. The molecule has 0 aromatic heterocycles. The Hall–Kier alpha value is -1.10. The van der Waals surface area contributed by atoms with E-state index in [-0.39, 0.29) is 0 Å². The zero-order valence-corrected chi connectivity index (χ0v) is 6.22. The highest BCUT2D eigenvalue weighted by molar-refractivity contribution is 7.80. The van der Waals surface area contributed by atoms with Gasteiger partial charge in [-0.2, -0.15) is 4.39 Å². The zero-order chi connectivity index (χ0) is 8.43. The van der Waals surface area contributed by atoms with Crippen molar-refractivity contribution >= 4 is 18.3 Å². The second-order valence-electron chi connectivity index (χ2n) is 1.89.